The fourth-order valence-corrected chi connectivity index (χ4v) is 0.978. The maximum absolute atomic E-state index is 11.2. The molecule has 0 radical (unpaired) electrons. The zero-order chi connectivity index (χ0) is 11.1. The van der Waals surface area contributed by atoms with E-state index in [4.69, 9.17) is 5.11 Å². The molecule has 0 heterocycles. The van der Waals surface area contributed by atoms with Crippen LogP contribution in [0.1, 0.15) is 33.6 Å². The van der Waals surface area contributed by atoms with Crippen molar-refractivity contribution in [2.45, 2.75) is 45.7 Å². The maximum Gasteiger partial charge on any atom is 0.325 e. The minimum absolute atomic E-state index is 0.107. The highest BCUT2D eigenvalue weighted by Gasteiger charge is 2.15. The first kappa shape index (κ1) is 12.7. The maximum atomic E-state index is 11.2. The number of urea groups is 1. The van der Waals surface area contributed by atoms with Gasteiger partial charge < -0.3 is 15.7 Å². The topological polar surface area (TPSA) is 78.4 Å². The van der Waals surface area contributed by atoms with E-state index in [9.17, 15) is 9.59 Å². The van der Waals surface area contributed by atoms with E-state index in [-0.39, 0.29) is 6.04 Å². The molecule has 0 unspecified atom stereocenters. The van der Waals surface area contributed by atoms with Gasteiger partial charge in [-0.15, -0.1) is 0 Å². The van der Waals surface area contributed by atoms with Crippen molar-refractivity contribution in [3.05, 3.63) is 0 Å². The van der Waals surface area contributed by atoms with Crippen LogP contribution in [0.2, 0.25) is 0 Å². The Kier molecular flexibility index (Phi) is 5.67. The van der Waals surface area contributed by atoms with Crippen LogP contribution in [-0.2, 0) is 4.79 Å². The Balaban J connectivity index is 3.91. The van der Waals surface area contributed by atoms with Crippen LogP contribution in [0.3, 0.4) is 0 Å². The molecule has 2 amide bonds. The van der Waals surface area contributed by atoms with Crippen molar-refractivity contribution in [1.82, 2.24) is 10.6 Å². The van der Waals surface area contributed by atoms with E-state index in [0.717, 1.165) is 12.8 Å². The predicted molar refractivity (Wildman–Crippen MR) is 53.1 cm³/mol. The summed E-state index contributed by atoms with van der Waals surface area (Å²) in [6, 6.07) is -1.17. The third-order valence-corrected chi connectivity index (χ3v) is 2.04. The summed E-state index contributed by atoms with van der Waals surface area (Å²) in [5, 5.41) is 13.6. The highest BCUT2D eigenvalue weighted by molar-refractivity contribution is 5.82. The average Bonchev–Trinajstić information content (AvgIpc) is 2.13. The number of aliphatic carboxylic acids is 1. The molecule has 5 heteroatoms. The third-order valence-electron chi connectivity index (χ3n) is 2.04. The first-order valence-corrected chi connectivity index (χ1v) is 4.81. The van der Waals surface area contributed by atoms with Gasteiger partial charge in [0.15, 0.2) is 0 Å². The molecule has 0 aliphatic carbocycles. The van der Waals surface area contributed by atoms with Gasteiger partial charge in [-0.05, 0) is 19.8 Å². The molecule has 1 atom stereocenters. The summed E-state index contributed by atoms with van der Waals surface area (Å²) in [5.74, 6) is -1.04. The molecule has 82 valence electrons. The second-order valence-electron chi connectivity index (χ2n) is 3.19. The molecule has 0 saturated carbocycles. The van der Waals surface area contributed by atoms with Crippen molar-refractivity contribution in [3.8, 4) is 0 Å². The van der Waals surface area contributed by atoms with Gasteiger partial charge in [-0.2, -0.15) is 0 Å². The van der Waals surface area contributed by atoms with Crippen molar-refractivity contribution < 1.29 is 14.7 Å². The van der Waals surface area contributed by atoms with Gasteiger partial charge in [-0.25, -0.2) is 4.79 Å². The van der Waals surface area contributed by atoms with Crippen molar-refractivity contribution in [3.63, 3.8) is 0 Å². The lowest BCUT2D eigenvalue weighted by Gasteiger charge is -2.16. The largest absolute Gasteiger partial charge is 0.480 e. The van der Waals surface area contributed by atoms with Crippen molar-refractivity contribution in [1.29, 1.82) is 0 Å². The lowest BCUT2D eigenvalue weighted by molar-refractivity contribution is -0.138. The standard InChI is InChI=1S/C9H18N2O3/c1-4-7(5-2)11-9(14)10-6(3)8(12)13/h6-7H,4-5H2,1-3H3,(H,12,13)(H2,10,11,14)/t6-/m1/s1. The van der Waals surface area contributed by atoms with Crippen molar-refractivity contribution in [2.75, 3.05) is 0 Å². The Morgan fingerprint density at radius 3 is 2.07 bits per heavy atom. The van der Waals surface area contributed by atoms with Gasteiger partial charge in [-0.1, -0.05) is 13.8 Å². The predicted octanol–water partition coefficient (Wildman–Crippen LogP) is 0.947. The van der Waals surface area contributed by atoms with E-state index in [1.807, 2.05) is 13.8 Å². The molecule has 0 rings (SSSR count). The molecule has 14 heavy (non-hydrogen) atoms. The van der Waals surface area contributed by atoms with E-state index >= 15 is 0 Å². The smallest absolute Gasteiger partial charge is 0.325 e. The second kappa shape index (κ2) is 6.23. The molecule has 0 spiro atoms. The zero-order valence-electron chi connectivity index (χ0n) is 8.83. The van der Waals surface area contributed by atoms with Gasteiger partial charge in [0.1, 0.15) is 6.04 Å². The van der Waals surface area contributed by atoms with Crippen LogP contribution >= 0.6 is 0 Å². The second-order valence-corrected chi connectivity index (χ2v) is 3.19. The van der Waals surface area contributed by atoms with E-state index in [1.54, 1.807) is 0 Å². The molecular weight excluding hydrogens is 184 g/mol. The molecular formula is C9H18N2O3. The molecule has 0 bridgehead atoms. The van der Waals surface area contributed by atoms with Crippen LogP contribution in [-0.4, -0.2) is 29.2 Å². The van der Waals surface area contributed by atoms with Gasteiger partial charge in [0.05, 0.1) is 0 Å². The third kappa shape index (κ3) is 4.69. The fraction of sp³-hybridized carbons (Fsp3) is 0.778. The Morgan fingerprint density at radius 1 is 1.21 bits per heavy atom. The number of amides is 2. The molecule has 0 aliphatic heterocycles. The van der Waals surface area contributed by atoms with Gasteiger partial charge in [0, 0.05) is 6.04 Å². The van der Waals surface area contributed by atoms with E-state index in [0.29, 0.717) is 0 Å². The first-order valence-electron chi connectivity index (χ1n) is 4.81. The number of hydrogen-bond acceptors (Lipinski definition) is 2. The highest BCUT2D eigenvalue weighted by Crippen LogP contribution is 1.95. The summed E-state index contributed by atoms with van der Waals surface area (Å²) in [6.45, 7) is 5.36. The normalized spacial score (nSPS) is 12.3. The summed E-state index contributed by atoms with van der Waals surface area (Å²) in [6.07, 6.45) is 1.68. The van der Waals surface area contributed by atoms with Gasteiger partial charge in [0.2, 0.25) is 0 Å². The SMILES string of the molecule is CCC(CC)NC(=O)N[C@H](C)C(=O)O. The number of carbonyl (C=O) groups is 2. The number of carboxylic acid groups (broad SMARTS) is 1. The van der Waals surface area contributed by atoms with Crippen LogP contribution in [0, 0.1) is 0 Å². The molecule has 0 fully saturated rings. The van der Waals surface area contributed by atoms with Crippen molar-refractivity contribution >= 4 is 12.0 Å². The van der Waals surface area contributed by atoms with Gasteiger partial charge >= 0.3 is 12.0 Å². The molecule has 0 aromatic carbocycles. The summed E-state index contributed by atoms with van der Waals surface area (Å²) in [4.78, 5) is 21.6. The summed E-state index contributed by atoms with van der Waals surface area (Å²) in [5.41, 5.74) is 0. The number of hydrogen-bond donors (Lipinski definition) is 3. The number of rotatable bonds is 5. The Morgan fingerprint density at radius 2 is 1.71 bits per heavy atom. The average molecular weight is 202 g/mol. The monoisotopic (exact) mass is 202 g/mol. The molecule has 0 aromatic heterocycles. The molecule has 0 saturated heterocycles. The van der Waals surface area contributed by atoms with Crippen molar-refractivity contribution in [2.24, 2.45) is 0 Å². The van der Waals surface area contributed by atoms with Crippen LogP contribution in [0.4, 0.5) is 4.79 Å². The first-order chi connectivity index (χ1) is 6.51. The van der Waals surface area contributed by atoms with Crippen LogP contribution in [0.15, 0.2) is 0 Å². The lowest BCUT2D eigenvalue weighted by atomic mass is 10.2. The Bertz CT molecular complexity index is 202. The molecule has 3 N–H and O–H groups in total. The van der Waals surface area contributed by atoms with E-state index < -0.39 is 18.0 Å². The lowest BCUT2D eigenvalue weighted by Crippen LogP contribution is -2.47. The molecule has 0 aromatic rings. The van der Waals surface area contributed by atoms with Crippen LogP contribution < -0.4 is 10.6 Å². The summed E-state index contributed by atoms with van der Waals surface area (Å²) < 4.78 is 0. The zero-order valence-corrected chi connectivity index (χ0v) is 8.83. The van der Waals surface area contributed by atoms with Crippen LogP contribution in [0.25, 0.3) is 0 Å². The Labute approximate surface area is 83.9 Å². The van der Waals surface area contributed by atoms with Gasteiger partial charge in [-0.3, -0.25) is 4.79 Å². The summed E-state index contributed by atoms with van der Waals surface area (Å²) >= 11 is 0. The highest BCUT2D eigenvalue weighted by atomic mass is 16.4. The minimum atomic E-state index is -1.04. The number of carboxylic acids is 1. The molecule has 0 aliphatic rings. The van der Waals surface area contributed by atoms with E-state index in [2.05, 4.69) is 10.6 Å². The number of nitrogens with one attached hydrogen (secondary N) is 2. The fourth-order valence-electron chi connectivity index (χ4n) is 0.978. The minimum Gasteiger partial charge on any atom is -0.480 e. The van der Waals surface area contributed by atoms with Gasteiger partial charge in [0.25, 0.3) is 0 Å². The molecule has 5 nitrogen and oxygen atoms in total. The summed E-state index contributed by atoms with van der Waals surface area (Å²) in [7, 11) is 0. The van der Waals surface area contributed by atoms with Crippen LogP contribution in [0.5, 0.6) is 0 Å². The van der Waals surface area contributed by atoms with E-state index in [1.165, 1.54) is 6.92 Å². The Hall–Kier alpha value is -1.26. The quantitative estimate of drug-likeness (QED) is 0.621. The number of carbonyl (C=O) groups excluding carboxylic acids is 1.